The summed E-state index contributed by atoms with van der Waals surface area (Å²) in [6, 6.07) is 5.97. The third-order valence-electron chi connectivity index (χ3n) is 4.62. The maximum absolute atomic E-state index is 6.32. The second-order valence-corrected chi connectivity index (χ2v) is 7.34. The molecule has 1 aliphatic rings. The summed E-state index contributed by atoms with van der Waals surface area (Å²) in [5, 5.41) is 12.2. The smallest absolute Gasteiger partial charge is 0.223 e. The molecule has 0 radical (unpaired) electrons. The molecule has 0 aliphatic heterocycles. The summed E-state index contributed by atoms with van der Waals surface area (Å²) in [6.45, 7) is 2.09. The molecule has 0 amide bonds. The van der Waals surface area contributed by atoms with Crippen LogP contribution >= 0.6 is 11.6 Å². The van der Waals surface area contributed by atoms with Gasteiger partial charge in [-0.3, -0.25) is 4.40 Å². The van der Waals surface area contributed by atoms with E-state index in [1.54, 1.807) is 6.20 Å². The fourth-order valence-corrected chi connectivity index (χ4v) is 3.60. The number of hydrogen-bond acceptors (Lipinski definition) is 6. The van der Waals surface area contributed by atoms with Crippen LogP contribution in [0.2, 0.25) is 5.02 Å². The molecule has 3 aromatic heterocycles. The minimum absolute atomic E-state index is 0.144. The highest BCUT2D eigenvalue weighted by molar-refractivity contribution is 6.32. The summed E-state index contributed by atoms with van der Waals surface area (Å²) < 4.78 is 1.86. The number of pyridine rings is 1. The van der Waals surface area contributed by atoms with Gasteiger partial charge in [-0.1, -0.05) is 17.7 Å². The van der Waals surface area contributed by atoms with E-state index in [1.807, 2.05) is 28.8 Å². The standard InChI is InChI=1S/C17H20ClN7/c1-17(19)7-4-5-11(9-17)21-16-20-10-12(18)14(22-16)15-24-23-13-6-2-3-8-25(13)15/h2-3,6,8,10-11H,4-5,7,9,19H2,1H3,(H,20,21,22). The van der Waals surface area contributed by atoms with Gasteiger partial charge in [-0.15, -0.1) is 10.2 Å². The second kappa shape index (κ2) is 6.24. The Morgan fingerprint density at radius 1 is 1.36 bits per heavy atom. The summed E-state index contributed by atoms with van der Waals surface area (Å²) in [4.78, 5) is 8.91. The van der Waals surface area contributed by atoms with Crippen LogP contribution in [0.25, 0.3) is 17.2 Å². The van der Waals surface area contributed by atoms with Gasteiger partial charge in [0, 0.05) is 17.8 Å². The molecule has 3 heterocycles. The van der Waals surface area contributed by atoms with Gasteiger partial charge in [-0.05, 0) is 44.7 Å². The fraction of sp³-hybridized carbons (Fsp3) is 0.412. The van der Waals surface area contributed by atoms with Gasteiger partial charge in [-0.25, -0.2) is 9.97 Å². The minimum Gasteiger partial charge on any atom is -0.351 e. The van der Waals surface area contributed by atoms with Gasteiger partial charge in [0.2, 0.25) is 5.95 Å². The number of halogens is 1. The maximum atomic E-state index is 6.32. The van der Waals surface area contributed by atoms with Gasteiger partial charge in [0.25, 0.3) is 0 Å². The van der Waals surface area contributed by atoms with Crippen molar-refractivity contribution < 1.29 is 0 Å². The zero-order chi connectivity index (χ0) is 17.4. The zero-order valence-electron chi connectivity index (χ0n) is 14.0. The molecular formula is C17H20ClN7. The molecule has 1 fully saturated rings. The number of aromatic nitrogens is 5. The molecule has 0 spiro atoms. The predicted octanol–water partition coefficient (Wildman–Crippen LogP) is 2.91. The van der Waals surface area contributed by atoms with Crippen molar-refractivity contribution in [1.29, 1.82) is 0 Å². The molecule has 4 rings (SSSR count). The van der Waals surface area contributed by atoms with Crippen LogP contribution in [0.15, 0.2) is 30.6 Å². The molecular weight excluding hydrogens is 338 g/mol. The first-order valence-corrected chi connectivity index (χ1v) is 8.78. The SMILES string of the molecule is CC1(N)CCCC(Nc2ncc(Cl)c(-c3nnc4ccccn34)n2)C1. The topological polar surface area (TPSA) is 94.0 Å². The fourth-order valence-electron chi connectivity index (χ4n) is 3.42. The maximum Gasteiger partial charge on any atom is 0.223 e. The van der Waals surface area contributed by atoms with Crippen molar-refractivity contribution >= 4 is 23.2 Å². The Bertz CT molecular complexity index is 905. The van der Waals surface area contributed by atoms with Crippen molar-refractivity contribution in [1.82, 2.24) is 24.6 Å². The molecule has 3 N–H and O–H groups in total. The van der Waals surface area contributed by atoms with Crippen molar-refractivity contribution in [2.75, 3.05) is 5.32 Å². The second-order valence-electron chi connectivity index (χ2n) is 6.93. The van der Waals surface area contributed by atoms with E-state index < -0.39 is 0 Å². The van der Waals surface area contributed by atoms with Crippen molar-refractivity contribution in [3.05, 3.63) is 35.6 Å². The van der Waals surface area contributed by atoms with Gasteiger partial charge in [0.15, 0.2) is 11.5 Å². The van der Waals surface area contributed by atoms with E-state index in [0.29, 0.717) is 22.5 Å². The van der Waals surface area contributed by atoms with Crippen LogP contribution in [0, 0.1) is 0 Å². The molecule has 1 aliphatic carbocycles. The Balaban J connectivity index is 1.65. The average molecular weight is 358 g/mol. The van der Waals surface area contributed by atoms with Crippen molar-refractivity contribution in [2.45, 2.75) is 44.2 Å². The van der Waals surface area contributed by atoms with Crippen molar-refractivity contribution in [3.63, 3.8) is 0 Å². The van der Waals surface area contributed by atoms with Crippen molar-refractivity contribution in [2.24, 2.45) is 5.73 Å². The van der Waals surface area contributed by atoms with E-state index >= 15 is 0 Å². The van der Waals surface area contributed by atoms with Crippen LogP contribution in [0.1, 0.15) is 32.6 Å². The van der Waals surface area contributed by atoms with E-state index in [4.69, 9.17) is 17.3 Å². The molecule has 2 unspecified atom stereocenters. The lowest BCUT2D eigenvalue weighted by Gasteiger charge is -2.35. The molecule has 3 aromatic rings. The molecule has 2 atom stereocenters. The van der Waals surface area contributed by atoms with Crippen LogP contribution < -0.4 is 11.1 Å². The Hall–Kier alpha value is -2.25. The number of hydrogen-bond donors (Lipinski definition) is 2. The molecule has 25 heavy (non-hydrogen) atoms. The van der Waals surface area contributed by atoms with Gasteiger partial charge >= 0.3 is 0 Å². The van der Waals surface area contributed by atoms with Crippen LogP contribution in [0.3, 0.4) is 0 Å². The number of nitrogens with one attached hydrogen (secondary N) is 1. The number of rotatable bonds is 3. The largest absolute Gasteiger partial charge is 0.351 e. The first-order chi connectivity index (χ1) is 12.0. The number of nitrogens with two attached hydrogens (primary N) is 1. The molecule has 0 saturated heterocycles. The lowest BCUT2D eigenvalue weighted by atomic mass is 9.81. The van der Waals surface area contributed by atoms with E-state index in [9.17, 15) is 0 Å². The highest BCUT2D eigenvalue weighted by atomic mass is 35.5. The van der Waals surface area contributed by atoms with Crippen LogP contribution in [0.4, 0.5) is 5.95 Å². The Morgan fingerprint density at radius 2 is 2.24 bits per heavy atom. The predicted molar refractivity (Wildman–Crippen MR) is 97.5 cm³/mol. The zero-order valence-corrected chi connectivity index (χ0v) is 14.7. The number of anilines is 1. The van der Waals surface area contributed by atoms with E-state index in [2.05, 4.69) is 32.4 Å². The normalized spacial score (nSPS) is 23.7. The van der Waals surface area contributed by atoms with Crippen LogP contribution in [-0.4, -0.2) is 36.1 Å². The first-order valence-electron chi connectivity index (χ1n) is 8.40. The van der Waals surface area contributed by atoms with Gasteiger partial charge in [0.1, 0.15) is 5.69 Å². The third kappa shape index (κ3) is 3.29. The highest BCUT2D eigenvalue weighted by Gasteiger charge is 2.29. The highest BCUT2D eigenvalue weighted by Crippen LogP contribution is 2.29. The third-order valence-corrected chi connectivity index (χ3v) is 4.89. The lowest BCUT2D eigenvalue weighted by molar-refractivity contribution is 0.302. The molecule has 0 aromatic carbocycles. The van der Waals surface area contributed by atoms with Gasteiger partial charge in [0.05, 0.1) is 11.2 Å². The number of nitrogens with zero attached hydrogens (tertiary/aromatic N) is 5. The van der Waals surface area contributed by atoms with E-state index in [1.165, 1.54) is 0 Å². The summed E-state index contributed by atoms with van der Waals surface area (Å²) in [5.41, 5.74) is 7.45. The van der Waals surface area contributed by atoms with E-state index in [-0.39, 0.29) is 11.6 Å². The number of fused-ring (bicyclic) bond motifs is 1. The summed E-state index contributed by atoms with van der Waals surface area (Å²) in [6.07, 6.45) is 7.58. The Kier molecular flexibility index (Phi) is 4.05. The van der Waals surface area contributed by atoms with Gasteiger partial charge < -0.3 is 11.1 Å². The Labute approximate surface area is 150 Å². The molecule has 8 heteroatoms. The minimum atomic E-state index is -0.144. The van der Waals surface area contributed by atoms with Crippen LogP contribution in [-0.2, 0) is 0 Å². The van der Waals surface area contributed by atoms with Crippen molar-refractivity contribution in [3.8, 4) is 11.5 Å². The summed E-state index contributed by atoms with van der Waals surface area (Å²) in [7, 11) is 0. The summed E-state index contributed by atoms with van der Waals surface area (Å²) >= 11 is 6.32. The Morgan fingerprint density at radius 3 is 3.08 bits per heavy atom. The van der Waals surface area contributed by atoms with Gasteiger partial charge in [-0.2, -0.15) is 0 Å². The molecule has 7 nitrogen and oxygen atoms in total. The van der Waals surface area contributed by atoms with E-state index in [0.717, 1.165) is 31.3 Å². The monoisotopic (exact) mass is 357 g/mol. The molecule has 0 bridgehead atoms. The molecule has 1 saturated carbocycles. The van der Waals surface area contributed by atoms with Crippen LogP contribution in [0.5, 0.6) is 0 Å². The average Bonchev–Trinajstić information content (AvgIpc) is 3.00. The lowest BCUT2D eigenvalue weighted by Crippen LogP contribution is -2.45. The summed E-state index contributed by atoms with van der Waals surface area (Å²) in [5.74, 6) is 1.13. The molecule has 130 valence electrons. The first kappa shape index (κ1) is 16.2. The quantitative estimate of drug-likeness (QED) is 0.748.